The van der Waals surface area contributed by atoms with Crippen LogP contribution in [0, 0.1) is 6.92 Å². The van der Waals surface area contributed by atoms with Crippen molar-refractivity contribution in [2.45, 2.75) is 6.92 Å². The smallest absolute Gasteiger partial charge is 0.0541 e. The Labute approximate surface area is 369 Å². The molecule has 2 heteroatoms. The zero-order chi connectivity index (χ0) is 42.1. The number of nitrogens with zero attached hydrogens (tertiary/aromatic N) is 2. The Bertz CT molecular complexity index is 3330. The predicted octanol–water partition coefficient (Wildman–Crippen LogP) is 16.9. The number of hydrogen-bond acceptors (Lipinski definition) is 1. The summed E-state index contributed by atoms with van der Waals surface area (Å²) < 4.78 is 2.36. The van der Waals surface area contributed by atoms with Gasteiger partial charge in [0.2, 0.25) is 0 Å². The second kappa shape index (κ2) is 16.3. The summed E-state index contributed by atoms with van der Waals surface area (Å²) in [6, 6.07) is 90.0. The Morgan fingerprint density at radius 2 is 0.667 bits per heavy atom. The van der Waals surface area contributed by atoms with Gasteiger partial charge in [-0.1, -0.05) is 182 Å². The topological polar surface area (TPSA) is 8.17 Å². The Hall–Kier alpha value is -8.20. The third-order valence-electron chi connectivity index (χ3n) is 12.3. The van der Waals surface area contributed by atoms with Gasteiger partial charge in [-0.25, -0.2) is 0 Å². The molecular formula is C61H44N2. The van der Waals surface area contributed by atoms with E-state index in [4.69, 9.17) is 0 Å². The normalized spacial score (nSPS) is 11.3. The van der Waals surface area contributed by atoms with Crippen LogP contribution < -0.4 is 4.90 Å². The molecule has 10 aromatic carbocycles. The van der Waals surface area contributed by atoms with Gasteiger partial charge in [-0.15, -0.1) is 0 Å². The van der Waals surface area contributed by atoms with Crippen LogP contribution in [0.2, 0.25) is 0 Å². The fraction of sp³-hybridized carbons (Fsp3) is 0.0164. The Kier molecular flexibility index (Phi) is 9.80. The first-order valence-corrected chi connectivity index (χ1v) is 21.7. The summed E-state index contributed by atoms with van der Waals surface area (Å²) in [7, 11) is 0. The van der Waals surface area contributed by atoms with E-state index in [-0.39, 0.29) is 0 Å². The molecule has 0 atom stereocenters. The van der Waals surface area contributed by atoms with E-state index in [1.807, 2.05) is 0 Å². The lowest BCUT2D eigenvalue weighted by atomic mass is 9.96. The number of fused-ring (bicyclic) bond motifs is 3. The number of hydrogen-bond donors (Lipinski definition) is 0. The highest BCUT2D eigenvalue weighted by molar-refractivity contribution is 6.10. The van der Waals surface area contributed by atoms with E-state index in [2.05, 4.69) is 265 Å². The van der Waals surface area contributed by atoms with Gasteiger partial charge in [-0.05, 0) is 135 Å². The van der Waals surface area contributed by atoms with Gasteiger partial charge in [0, 0.05) is 33.5 Å². The number of anilines is 3. The molecule has 1 aromatic heterocycles. The van der Waals surface area contributed by atoms with Crippen LogP contribution in [0.3, 0.4) is 0 Å². The largest absolute Gasteiger partial charge is 0.310 e. The van der Waals surface area contributed by atoms with Gasteiger partial charge in [0.15, 0.2) is 0 Å². The Balaban J connectivity index is 0.802. The average Bonchev–Trinajstić information content (AvgIpc) is 3.69. The summed E-state index contributed by atoms with van der Waals surface area (Å²) in [5.74, 6) is 0. The minimum absolute atomic E-state index is 1.12. The van der Waals surface area contributed by atoms with Crippen molar-refractivity contribution < 1.29 is 0 Å². The van der Waals surface area contributed by atoms with Crippen molar-refractivity contribution in [3.8, 4) is 61.3 Å². The van der Waals surface area contributed by atoms with E-state index in [0.717, 1.165) is 17.1 Å². The molecule has 11 aromatic rings. The standard InChI is InChI=1S/C61H44N2/c1-43-11-10-16-57(41-43)62(55-36-31-50(32-37-55)44-12-4-2-5-13-44)56-38-33-51(34-39-56)49-25-23-46(24-26-49)45-19-21-47(22-20-45)48-27-29-52(30-28-48)53-35-40-61-59(42-53)58-17-8-9-18-60(58)63(61)54-14-6-3-7-15-54/h2-42H,1H3. The lowest BCUT2D eigenvalue weighted by Crippen LogP contribution is -2.10. The fourth-order valence-corrected chi connectivity index (χ4v) is 9.02. The van der Waals surface area contributed by atoms with Crippen molar-refractivity contribution in [3.63, 3.8) is 0 Å². The SMILES string of the molecule is Cc1cccc(N(c2ccc(-c3ccccc3)cc2)c2ccc(-c3ccc(-c4ccc(-c5ccc(-c6ccc7c(c6)c6ccccc6n7-c6ccccc6)cc5)cc4)cc3)cc2)c1. The summed E-state index contributed by atoms with van der Waals surface area (Å²) in [5.41, 5.74) is 20.3. The second-order valence-electron chi connectivity index (χ2n) is 16.3. The number of aromatic nitrogens is 1. The molecule has 63 heavy (non-hydrogen) atoms. The molecule has 0 amide bonds. The van der Waals surface area contributed by atoms with Crippen molar-refractivity contribution in [3.05, 3.63) is 254 Å². The highest BCUT2D eigenvalue weighted by Gasteiger charge is 2.15. The maximum atomic E-state index is 2.36. The summed E-state index contributed by atoms with van der Waals surface area (Å²) in [5, 5.41) is 2.53. The zero-order valence-corrected chi connectivity index (χ0v) is 35.1. The molecule has 0 aliphatic heterocycles. The van der Waals surface area contributed by atoms with E-state index in [1.54, 1.807) is 0 Å². The van der Waals surface area contributed by atoms with Gasteiger partial charge in [-0.3, -0.25) is 0 Å². The maximum Gasteiger partial charge on any atom is 0.0541 e. The first-order chi connectivity index (χ1) is 31.1. The molecule has 2 nitrogen and oxygen atoms in total. The number of benzene rings is 10. The highest BCUT2D eigenvalue weighted by Crippen LogP contribution is 2.39. The van der Waals surface area contributed by atoms with Gasteiger partial charge in [0.1, 0.15) is 0 Å². The number of para-hydroxylation sites is 2. The van der Waals surface area contributed by atoms with Crippen molar-refractivity contribution in [2.24, 2.45) is 0 Å². The summed E-state index contributed by atoms with van der Waals surface area (Å²) in [6.07, 6.45) is 0. The first kappa shape index (κ1) is 37.8. The highest BCUT2D eigenvalue weighted by atomic mass is 15.1. The van der Waals surface area contributed by atoms with Crippen molar-refractivity contribution in [1.29, 1.82) is 0 Å². The maximum absolute atomic E-state index is 2.36. The Morgan fingerprint density at radius 1 is 0.270 bits per heavy atom. The van der Waals surface area contributed by atoms with Crippen molar-refractivity contribution in [2.75, 3.05) is 4.90 Å². The molecule has 0 N–H and O–H groups in total. The van der Waals surface area contributed by atoms with Crippen LogP contribution in [0.4, 0.5) is 17.1 Å². The van der Waals surface area contributed by atoms with Crippen molar-refractivity contribution >= 4 is 38.9 Å². The van der Waals surface area contributed by atoms with Crippen LogP contribution in [0.1, 0.15) is 5.56 Å². The molecule has 0 radical (unpaired) electrons. The molecule has 0 bridgehead atoms. The molecule has 1 heterocycles. The van der Waals surface area contributed by atoms with E-state index in [1.165, 1.54) is 88.7 Å². The van der Waals surface area contributed by atoms with Gasteiger partial charge >= 0.3 is 0 Å². The summed E-state index contributed by atoms with van der Waals surface area (Å²) in [6.45, 7) is 2.15. The second-order valence-corrected chi connectivity index (χ2v) is 16.3. The van der Waals surface area contributed by atoms with E-state index >= 15 is 0 Å². The number of aryl methyl sites for hydroxylation is 1. The molecule has 11 rings (SSSR count). The molecule has 0 unspecified atom stereocenters. The Morgan fingerprint density at radius 3 is 1.17 bits per heavy atom. The van der Waals surface area contributed by atoms with Crippen LogP contribution in [-0.4, -0.2) is 4.57 Å². The molecular weight excluding hydrogens is 761 g/mol. The van der Waals surface area contributed by atoms with E-state index < -0.39 is 0 Å². The van der Waals surface area contributed by atoms with Crippen LogP contribution in [-0.2, 0) is 0 Å². The summed E-state index contributed by atoms with van der Waals surface area (Å²) in [4.78, 5) is 2.33. The van der Waals surface area contributed by atoms with Crippen LogP contribution in [0.5, 0.6) is 0 Å². The van der Waals surface area contributed by atoms with Gasteiger partial charge in [0.25, 0.3) is 0 Å². The quantitative estimate of drug-likeness (QED) is 0.141. The molecule has 298 valence electrons. The molecule has 0 spiro atoms. The van der Waals surface area contributed by atoms with Gasteiger partial charge < -0.3 is 9.47 Å². The molecule has 0 saturated carbocycles. The van der Waals surface area contributed by atoms with Crippen LogP contribution >= 0.6 is 0 Å². The lowest BCUT2D eigenvalue weighted by molar-refractivity contribution is 1.18. The van der Waals surface area contributed by atoms with E-state index in [9.17, 15) is 0 Å². The minimum atomic E-state index is 1.12. The van der Waals surface area contributed by atoms with Crippen LogP contribution in [0.25, 0.3) is 83.1 Å². The van der Waals surface area contributed by atoms with Crippen molar-refractivity contribution in [1.82, 2.24) is 4.57 Å². The molecule has 0 fully saturated rings. The van der Waals surface area contributed by atoms with Crippen LogP contribution in [0.15, 0.2) is 249 Å². The molecule has 0 aliphatic rings. The third kappa shape index (κ3) is 7.39. The lowest BCUT2D eigenvalue weighted by Gasteiger charge is -2.26. The molecule has 0 saturated heterocycles. The minimum Gasteiger partial charge on any atom is -0.310 e. The zero-order valence-electron chi connectivity index (χ0n) is 35.1. The fourth-order valence-electron chi connectivity index (χ4n) is 9.02. The first-order valence-electron chi connectivity index (χ1n) is 21.7. The van der Waals surface area contributed by atoms with E-state index in [0.29, 0.717) is 0 Å². The average molecular weight is 805 g/mol. The van der Waals surface area contributed by atoms with Gasteiger partial charge in [0.05, 0.1) is 11.0 Å². The summed E-state index contributed by atoms with van der Waals surface area (Å²) >= 11 is 0. The van der Waals surface area contributed by atoms with Gasteiger partial charge in [-0.2, -0.15) is 0 Å². The molecule has 0 aliphatic carbocycles. The monoisotopic (exact) mass is 804 g/mol. The third-order valence-corrected chi connectivity index (χ3v) is 12.3. The number of rotatable bonds is 9. The predicted molar refractivity (Wildman–Crippen MR) is 267 cm³/mol.